The molecule has 0 aliphatic carbocycles. The summed E-state index contributed by atoms with van der Waals surface area (Å²) in [4.78, 5) is 0. The van der Waals surface area contributed by atoms with Gasteiger partial charge in [-0.25, -0.2) is 0 Å². The fourth-order valence-corrected chi connectivity index (χ4v) is 7.12. The number of hydrogen-bond acceptors (Lipinski definition) is 0. The number of rotatable bonds is 3. The second-order valence-electron chi connectivity index (χ2n) is 12.9. The summed E-state index contributed by atoms with van der Waals surface area (Å²) in [6.07, 6.45) is 0. The Kier molecular flexibility index (Phi) is 12.6. The van der Waals surface area contributed by atoms with E-state index in [9.17, 15) is 0 Å². The monoisotopic (exact) mass is 728 g/mol. The van der Waals surface area contributed by atoms with Gasteiger partial charge >= 0.3 is 30.2 Å². The van der Waals surface area contributed by atoms with Gasteiger partial charge in [-0.05, 0) is 52.4 Å². The Bertz CT molecular complexity index is 2350. The van der Waals surface area contributed by atoms with Gasteiger partial charge in [-0.1, -0.05) is 141 Å². The van der Waals surface area contributed by atoms with Gasteiger partial charge in [0.05, 0.1) is 0 Å². The van der Waals surface area contributed by atoms with E-state index in [1.165, 1.54) is 116 Å². The third-order valence-electron chi connectivity index (χ3n) is 9.79. The van der Waals surface area contributed by atoms with Crippen LogP contribution in [0, 0.1) is 42.5 Å². The minimum absolute atomic E-state index is 0. The first kappa shape index (κ1) is 38.0. The first-order valence-corrected chi connectivity index (χ1v) is 20.6. The van der Waals surface area contributed by atoms with Crippen molar-refractivity contribution in [1.29, 1.82) is 0 Å². The molecule has 0 N–H and O–H groups in total. The zero-order chi connectivity index (χ0) is 33.2. The van der Waals surface area contributed by atoms with Crippen LogP contribution in [0.4, 0.5) is 0 Å². The molecule has 2 heteroatoms. The zero-order valence-corrected chi connectivity index (χ0v) is 33.7. The van der Waals surface area contributed by atoms with Gasteiger partial charge in [-0.3, -0.25) is 0 Å². The topological polar surface area (TPSA) is 0 Å². The molecule has 246 valence electrons. The van der Waals surface area contributed by atoms with E-state index in [4.69, 9.17) is 0 Å². The molecule has 0 nitrogen and oxygen atoms in total. The molecule has 0 aromatic heterocycles. The molecule has 0 spiro atoms. The Labute approximate surface area is 311 Å². The Morgan fingerprint density at radius 2 is 1.02 bits per heavy atom. The van der Waals surface area contributed by atoms with Crippen molar-refractivity contribution in [3.8, 4) is 22.3 Å². The molecule has 0 heterocycles. The first-order chi connectivity index (χ1) is 22.8. The van der Waals surface area contributed by atoms with Gasteiger partial charge in [-0.15, -0.1) is 62.5 Å². The van der Waals surface area contributed by atoms with Crippen molar-refractivity contribution in [3.63, 3.8) is 0 Å². The predicted octanol–water partition coefficient (Wildman–Crippen LogP) is 13.6. The summed E-state index contributed by atoms with van der Waals surface area (Å²) in [5.74, 6) is 0.563. The van der Waals surface area contributed by atoms with E-state index in [1.807, 2.05) is 0 Å². The summed E-state index contributed by atoms with van der Waals surface area (Å²) in [5, 5.41) is 10.8. The maximum atomic E-state index is 3.06. The van der Waals surface area contributed by atoms with E-state index in [-0.39, 0.29) is 14.9 Å². The van der Waals surface area contributed by atoms with E-state index in [0.717, 1.165) is 0 Å². The van der Waals surface area contributed by atoms with E-state index >= 15 is 0 Å². The van der Waals surface area contributed by atoms with Crippen LogP contribution < -0.4 is 0 Å². The van der Waals surface area contributed by atoms with Crippen molar-refractivity contribution in [2.45, 2.75) is 47.5 Å². The van der Waals surface area contributed by atoms with Crippen molar-refractivity contribution in [3.05, 3.63) is 170 Å². The fourth-order valence-electron chi connectivity index (χ4n) is 7.12. The molecule has 0 fully saturated rings. The second-order valence-corrected chi connectivity index (χ2v) is 12.9. The maximum absolute atomic E-state index is 3.06. The normalized spacial score (nSPS) is 10.7. The predicted molar refractivity (Wildman–Crippen MR) is 217 cm³/mol. The third kappa shape index (κ3) is 7.23. The van der Waals surface area contributed by atoms with Crippen molar-refractivity contribution in [1.82, 2.24) is 0 Å². The van der Waals surface area contributed by atoms with Gasteiger partial charge in [0.2, 0.25) is 0 Å². The summed E-state index contributed by atoms with van der Waals surface area (Å²) in [5.41, 5.74) is 12.4. The Hall–Kier alpha value is -3.84. The van der Waals surface area contributed by atoms with Gasteiger partial charge in [0, 0.05) is 0 Å². The molecule has 0 amide bonds. The van der Waals surface area contributed by atoms with Crippen molar-refractivity contribution >= 4 is 50.0 Å². The average molecular weight is 730 g/mol. The van der Waals surface area contributed by atoms with Crippen LogP contribution in [-0.4, -0.2) is 6.88 Å². The molecule has 0 atom stereocenters. The van der Waals surface area contributed by atoms with Crippen molar-refractivity contribution < 1.29 is 23.3 Å². The standard InChI is InChI=1S/C23H21.C22H19.2CH3.Si.Zr/c1-14-12-21-16(3)15(2)17(4)23(22(21)13-14)20-11-7-9-18-8-5-6-10-19(18)20;1-15(2)18-13-17-9-6-12-21(22(17)14-18)20-11-5-8-16-7-3-4-10-19(16)20;;;;/h5-13H,1-4H3;3-15H,1-2H3;2*1H3;;/q4*-1;;. The summed E-state index contributed by atoms with van der Waals surface area (Å²) in [7, 11) is 0. The van der Waals surface area contributed by atoms with Gasteiger partial charge < -0.3 is 14.9 Å². The van der Waals surface area contributed by atoms with Gasteiger partial charge in [0.15, 0.2) is 0 Å². The molecular formula is C47H46SiZr-4. The molecule has 0 aliphatic heterocycles. The SMILES string of the molecule is CC(C)c1cc2c(-c3cccc4ccccc34)cccc2[cH-]1.Cc1cc2c(-c3cccc4ccccc34)c(C)c(C)c(C)c2[cH-]1.[CH3-].[CH3-].[Si]=[Zr]. The Morgan fingerprint density at radius 1 is 0.510 bits per heavy atom. The van der Waals surface area contributed by atoms with Crippen LogP contribution in [0.5, 0.6) is 0 Å². The van der Waals surface area contributed by atoms with Crippen LogP contribution >= 0.6 is 0 Å². The summed E-state index contributed by atoms with van der Waals surface area (Å²) >= 11 is 1.36. The number of aryl methyl sites for hydroxylation is 2. The molecule has 8 rings (SSSR count). The molecule has 0 aliphatic rings. The number of hydrogen-bond donors (Lipinski definition) is 0. The summed E-state index contributed by atoms with van der Waals surface area (Å²) < 4.78 is 0. The number of benzene rings is 6. The molecule has 8 aromatic rings. The third-order valence-corrected chi connectivity index (χ3v) is 9.79. The van der Waals surface area contributed by atoms with E-state index in [0.29, 0.717) is 5.92 Å². The molecular weight excluding hydrogens is 684 g/mol. The fraction of sp³-hybridized carbons (Fsp3) is 0.149. The molecule has 2 radical (unpaired) electrons. The summed E-state index contributed by atoms with van der Waals surface area (Å²) in [6, 6.07) is 46.5. The van der Waals surface area contributed by atoms with Crippen LogP contribution in [0.3, 0.4) is 0 Å². The first-order valence-electron chi connectivity index (χ1n) is 16.4. The van der Waals surface area contributed by atoms with Crippen molar-refractivity contribution in [2.75, 3.05) is 0 Å². The molecule has 0 saturated heterocycles. The van der Waals surface area contributed by atoms with Crippen LogP contribution in [0.1, 0.15) is 47.6 Å². The molecule has 0 bridgehead atoms. The van der Waals surface area contributed by atoms with Crippen LogP contribution in [-0.2, 0) is 23.3 Å². The average Bonchev–Trinajstić information content (AvgIpc) is 3.72. The van der Waals surface area contributed by atoms with E-state index in [1.54, 1.807) is 0 Å². The van der Waals surface area contributed by atoms with Crippen LogP contribution in [0.15, 0.2) is 127 Å². The molecule has 8 aromatic carbocycles. The molecule has 0 saturated carbocycles. The zero-order valence-electron chi connectivity index (χ0n) is 30.2. The molecule has 49 heavy (non-hydrogen) atoms. The Morgan fingerprint density at radius 3 is 1.63 bits per heavy atom. The van der Waals surface area contributed by atoms with Gasteiger partial charge in [0.1, 0.15) is 0 Å². The second kappa shape index (κ2) is 16.2. The Balaban J connectivity index is 0.000000203. The molecule has 0 unspecified atom stereocenters. The van der Waals surface area contributed by atoms with Gasteiger partial charge in [0.25, 0.3) is 0 Å². The van der Waals surface area contributed by atoms with Crippen LogP contribution in [0.25, 0.3) is 65.3 Å². The minimum atomic E-state index is 0. The quantitative estimate of drug-likeness (QED) is 0.125. The van der Waals surface area contributed by atoms with Crippen molar-refractivity contribution in [2.24, 2.45) is 0 Å². The van der Waals surface area contributed by atoms with Gasteiger partial charge in [-0.2, -0.15) is 12.1 Å². The summed E-state index contributed by atoms with van der Waals surface area (Å²) in [6.45, 7) is 16.5. The van der Waals surface area contributed by atoms with Crippen LogP contribution in [0.2, 0.25) is 0 Å². The van der Waals surface area contributed by atoms with E-state index < -0.39 is 0 Å². The number of fused-ring (bicyclic) bond motifs is 4. The van der Waals surface area contributed by atoms with E-state index in [2.05, 4.69) is 176 Å².